The second-order valence-electron chi connectivity index (χ2n) is 4.83. The van der Waals surface area contributed by atoms with Crippen molar-refractivity contribution in [2.75, 3.05) is 37.9 Å². The lowest BCUT2D eigenvalue weighted by Gasteiger charge is -2.11. The molecule has 2 rings (SSSR count). The summed E-state index contributed by atoms with van der Waals surface area (Å²) in [5.41, 5.74) is 0. The van der Waals surface area contributed by atoms with Crippen molar-refractivity contribution in [1.82, 2.24) is 5.32 Å². The lowest BCUT2D eigenvalue weighted by Crippen LogP contribution is -2.33. The highest BCUT2D eigenvalue weighted by molar-refractivity contribution is 7.91. The van der Waals surface area contributed by atoms with Gasteiger partial charge in [0.1, 0.15) is 12.4 Å². The summed E-state index contributed by atoms with van der Waals surface area (Å²) in [6.45, 7) is 2.28. The van der Waals surface area contributed by atoms with Gasteiger partial charge in [0.15, 0.2) is 9.84 Å². The minimum atomic E-state index is -2.80. The molecule has 0 radical (unpaired) electrons. The van der Waals surface area contributed by atoms with Gasteiger partial charge in [0.2, 0.25) is 0 Å². The molecular formula is C14H21NO4S. The molecule has 1 N–H and O–H groups in total. The molecule has 0 saturated carbocycles. The molecule has 20 heavy (non-hydrogen) atoms. The highest BCUT2D eigenvalue weighted by Crippen LogP contribution is 2.10. The molecule has 1 heterocycles. The number of benzene rings is 1. The minimum absolute atomic E-state index is 0.0872. The number of ether oxygens (including phenoxy) is 2. The molecule has 1 aromatic rings. The Morgan fingerprint density at radius 1 is 1.15 bits per heavy atom. The summed E-state index contributed by atoms with van der Waals surface area (Å²) in [5.74, 6) is 1.39. The summed E-state index contributed by atoms with van der Waals surface area (Å²) in [6.07, 6.45) is 0.708. The van der Waals surface area contributed by atoms with Gasteiger partial charge in [-0.3, -0.25) is 0 Å². The second kappa shape index (κ2) is 7.61. The number of sulfone groups is 1. The predicted octanol–water partition coefficient (Wildman–Crippen LogP) is 0.859. The average Bonchev–Trinajstić information content (AvgIpc) is 2.78. The van der Waals surface area contributed by atoms with E-state index in [9.17, 15) is 8.42 Å². The van der Waals surface area contributed by atoms with Crippen molar-refractivity contribution in [3.8, 4) is 5.75 Å². The minimum Gasteiger partial charge on any atom is -0.491 e. The van der Waals surface area contributed by atoms with Crippen molar-refractivity contribution >= 4 is 9.84 Å². The van der Waals surface area contributed by atoms with Crippen molar-refractivity contribution in [2.45, 2.75) is 12.5 Å². The molecule has 5 nitrogen and oxygen atoms in total. The molecule has 1 atom stereocenters. The Morgan fingerprint density at radius 3 is 2.65 bits per heavy atom. The third-order valence-electron chi connectivity index (χ3n) is 3.15. The van der Waals surface area contributed by atoms with Crippen LogP contribution in [0.15, 0.2) is 30.3 Å². The molecule has 6 heteroatoms. The Hall–Kier alpha value is -1.11. The quantitative estimate of drug-likeness (QED) is 0.721. The number of para-hydroxylation sites is 1. The smallest absolute Gasteiger partial charge is 0.151 e. The Kier molecular flexibility index (Phi) is 5.82. The SMILES string of the molecule is O=S1(=O)CCC(NCCOCCOc2ccccc2)C1. The van der Waals surface area contributed by atoms with Gasteiger partial charge in [0, 0.05) is 12.6 Å². The summed E-state index contributed by atoms with van der Waals surface area (Å²) in [5, 5.41) is 3.20. The normalized spacial score (nSPS) is 20.9. The lowest BCUT2D eigenvalue weighted by atomic mass is 10.3. The number of hydrogen-bond donors (Lipinski definition) is 1. The van der Waals surface area contributed by atoms with Crippen LogP contribution in [0.4, 0.5) is 0 Å². The molecular weight excluding hydrogens is 278 g/mol. The molecule has 112 valence electrons. The van der Waals surface area contributed by atoms with E-state index in [-0.39, 0.29) is 11.8 Å². The molecule has 1 aliphatic heterocycles. The summed E-state index contributed by atoms with van der Waals surface area (Å²) in [4.78, 5) is 0. The van der Waals surface area contributed by atoms with E-state index in [4.69, 9.17) is 9.47 Å². The summed E-state index contributed by atoms with van der Waals surface area (Å²) >= 11 is 0. The van der Waals surface area contributed by atoms with E-state index in [1.807, 2.05) is 30.3 Å². The first kappa shape index (κ1) is 15.3. The zero-order valence-corrected chi connectivity index (χ0v) is 12.3. The van der Waals surface area contributed by atoms with E-state index in [0.29, 0.717) is 38.5 Å². The third-order valence-corrected chi connectivity index (χ3v) is 4.92. The first-order valence-electron chi connectivity index (χ1n) is 6.85. The van der Waals surface area contributed by atoms with Crippen LogP contribution in [-0.2, 0) is 14.6 Å². The maximum Gasteiger partial charge on any atom is 0.151 e. The van der Waals surface area contributed by atoms with Crippen molar-refractivity contribution in [1.29, 1.82) is 0 Å². The molecule has 0 aliphatic carbocycles. The third kappa shape index (κ3) is 5.48. The van der Waals surface area contributed by atoms with Crippen molar-refractivity contribution in [2.24, 2.45) is 0 Å². The molecule has 1 saturated heterocycles. The average molecular weight is 299 g/mol. The second-order valence-corrected chi connectivity index (χ2v) is 7.06. The van der Waals surface area contributed by atoms with Crippen LogP contribution in [0.1, 0.15) is 6.42 Å². The fourth-order valence-electron chi connectivity index (χ4n) is 2.13. The summed E-state index contributed by atoms with van der Waals surface area (Å²) < 4.78 is 33.4. The van der Waals surface area contributed by atoms with Crippen LogP contribution in [0.2, 0.25) is 0 Å². The fraction of sp³-hybridized carbons (Fsp3) is 0.571. The monoisotopic (exact) mass is 299 g/mol. The van der Waals surface area contributed by atoms with Gasteiger partial charge in [-0.2, -0.15) is 0 Å². The van der Waals surface area contributed by atoms with E-state index in [0.717, 1.165) is 5.75 Å². The van der Waals surface area contributed by atoms with E-state index in [1.54, 1.807) is 0 Å². The number of hydrogen-bond acceptors (Lipinski definition) is 5. The largest absolute Gasteiger partial charge is 0.491 e. The van der Waals surface area contributed by atoms with E-state index in [1.165, 1.54) is 0 Å². The van der Waals surface area contributed by atoms with Gasteiger partial charge in [-0.25, -0.2) is 8.42 Å². The van der Waals surface area contributed by atoms with Crippen molar-refractivity contribution in [3.05, 3.63) is 30.3 Å². The van der Waals surface area contributed by atoms with Gasteiger partial charge in [0.25, 0.3) is 0 Å². The molecule has 1 fully saturated rings. The lowest BCUT2D eigenvalue weighted by molar-refractivity contribution is 0.101. The molecule has 1 unspecified atom stereocenters. The predicted molar refractivity (Wildman–Crippen MR) is 77.8 cm³/mol. The Balaban J connectivity index is 1.46. The maximum absolute atomic E-state index is 11.3. The van der Waals surface area contributed by atoms with Gasteiger partial charge in [-0.05, 0) is 18.6 Å². The van der Waals surface area contributed by atoms with Crippen LogP contribution >= 0.6 is 0 Å². The molecule has 0 amide bonds. The van der Waals surface area contributed by atoms with E-state index in [2.05, 4.69) is 5.32 Å². The molecule has 0 bridgehead atoms. The Bertz CT molecular complexity index is 489. The van der Waals surface area contributed by atoms with E-state index >= 15 is 0 Å². The van der Waals surface area contributed by atoms with Gasteiger partial charge in [0.05, 0.1) is 24.7 Å². The molecule has 0 aromatic heterocycles. The highest BCUT2D eigenvalue weighted by atomic mass is 32.2. The van der Waals surface area contributed by atoms with Gasteiger partial charge in [-0.1, -0.05) is 18.2 Å². The topological polar surface area (TPSA) is 64.6 Å². The van der Waals surface area contributed by atoms with Crippen LogP contribution in [0.3, 0.4) is 0 Å². The van der Waals surface area contributed by atoms with Crippen LogP contribution in [0.5, 0.6) is 5.75 Å². The zero-order chi connectivity index (χ0) is 14.3. The maximum atomic E-state index is 11.3. The highest BCUT2D eigenvalue weighted by Gasteiger charge is 2.26. The Morgan fingerprint density at radius 2 is 1.95 bits per heavy atom. The van der Waals surface area contributed by atoms with Gasteiger partial charge < -0.3 is 14.8 Å². The fourth-order valence-corrected chi connectivity index (χ4v) is 3.84. The number of nitrogens with one attached hydrogen (secondary N) is 1. The molecule has 1 aliphatic rings. The number of rotatable bonds is 8. The molecule has 0 spiro atoms. The first-order chi connectivity index (χ1) is 9.66. The van der Waals surface area contributed by atoms with Gasteiger partial charge >= 0.3 is 0 Å². The summed E-state index contributed by atoms with van der Waals surface area (Å²) in [7, 11) is -2.80. The first-order valence-corrected chi connectivity index (χ1v) is 8.67. The summed E-state index contributed by atoms with van der Waals surface area (Å²) in [6, 6.07) is 9.69. The van der Waals surface area contributed by atoms with Crippen molar-refractivity contribution < 1.29 is 17.9 Å². The zero-order valence-electron chi connectivity index (χ0n) is 11.5. The van der Waals surface area contributed by atoms with Gasteiger partial charge in [-0.15, -0.1) is 0 Å². The van der Waals surface area contributed by atoms with Crippen molar-refractivity contribution in [3.63, 3.8) is 0 Å². The van der Waals surface area contributed by atoms with E-state index < -0.39 is 9.84 Å². The van der Waals surface area contributed by atoms with Crippen LogP contribution in [-0.4, -0.2) is 52.3 Å². The standard InChI is InChI=1S/C14H21NO4S/c16-20(17)11-6-13(12-20)15-7-8-18-9-10-19-14-4-2-1-3-5-14/h1-5,13,15H,6-12H2. The Labute approximate surface area is 120 Å². The van der Waals surface area contributed by atoms with Crippen LogP contribution < -0.4 is 10.1 Å². The van der Waals surface area contributed by atoms with Crippen LogP contribution in [0.25, 0.3) is 0 Å². The van der Waals surface area contributed by atoms with Crippen LogP contribution in [0, 0.1) is 0 Å². The molecule has 1 aromatic carbocycles.